The highest BCUT2D eigenvalue weighted by Crippen LogP contribution is 2.64. The van der Waals surface area contributed by atoms with E-state index in [0.29, 0.717) is 36.2 Å². The number of carbonyl (C=O) groups is 2. The van der Waals surface area contributed by atoms with Gasteiger partial charge in [0.1, 0.15) is 11.7 Å². The standard InChI is InChI=1S/C29H46O4/c1-7-28(6,17-20(5)32-26(30)18(2)3)27(31)33-29(23-10-8-9-19(4)11-23)24-13-21-12-22(15-24)16-25(29)14-21/h19-25H,2,7-17H2,1,3-6H3. The lowest BCUT2D eigenvalue weighted by atomic mass is 9.46. The van der Waals surface area contributed by atoms with Crippen molar-refractivity contribution in [3.05, 3.63) is 12.2 Å². The van der Waals surface area contributed by atoms with Crippen molar-refractivity contribution in [3.8, 4) is 0 Å². The lowest BCUT2D eigenvalue weighted by Gasteiger charge is -2.63. The maximum Gasteiger partial charge on any atom is 0.333 e. The predicted octanol–water partition coefficient (Wildman–Crippen LogP) is 6.87. The Balaban J connectivity index is 1.57. The fraction of sp³-hybridized carbons (Fsp3) is 0.862. The average Bonchev–Trinajstić information content (AvgIpc) is 2.75. The number of esters is 2. The monoisotopic (exact) mass is 458 g/mol. The van der Waals surface area contributed by atoms with E-state index in [4.69, 9.17) is 9.47 Å². The number of hydrogen-bond donors (Lipinski definition) is 0. The van der Waals surface area contributed by atoms with Crippen LogP contribution in [0.15, 0.2) is 12.2 Å². The van der Waals surface area contributed by atoms with Gasteiger partial charge in [-0.05, 0) is 114 Å². The van der Waals surface area contributed by atoms with Gasteiger partial charge in [0, 0.05) is 5.57 Å². The van der Waals surface area contributed by atoms with Gasteiger partial charge in [-0.2, -0.15) is 0 Å². The van der Waals surface area contributed by atoms with Crippen LogP contribution in [0.5, 0.6) is 0 Å². The van der Waals surface area contributed by atoms with Crippen molar-refractivity contribution in [2.24, 2.45) is 40.9 Å². The van der Waals surface area contributed by atoms with Gasteiger partial charge in [0.15, 0.2) is 0 Å². The third kappa shape index (κ3) is 4.65. The molecule has 4 unspecified atom stereocenters. The SMILES string of the molecule is C=C(C)C(=O)OC(C)CC(C)(CC)C(=O)OC1(C2CCCC(C)C2)C2CC3CC(C2)CC1C3. The molecule has 4 nitrogen and oxygen atoms in total. The zero-order valence-corrected chi connectivity index (χ0v) is 21.7. The summed E-state index contributed by atoms with van der Waals surface area (Å²) in [6.07, 6.45) is 12.2. The third-order valence-electron chi connectivity index (χ3n) is 9.93. The maximum atomic E-state index is 14.0. The molecule has 0 radical (unpaired) electrons. The first kappa shape index (κ1) is 24.8. The van der Waals surface area contributed by atoms with Crippen LogP contribution in [-0.4, -0.2) is 23.6 Å². The molecule has 0 aromatic carbocycles. The van der Waals surface area contributed by atoms with E-state index in [1.807, 2.05) is 13.8 Å². The lowest BCUT2D eigenvalue weighted by molar-refractivity contribution is -0.241. The summed E-state index contributed by atoms with van der Waals surface area (Å²) < 4.78 is 12.5. The highest BCUT2D eigenvalue weighted by molar-refractivity contribution is 5.87. The van der Waals surface area contributed by atoms with E-state index in [1.165, 1.54) is 57.8 Å². The molecule has 0 aliphatic heterocycles. The van der Waals surface area contributed by atoms with Gasteiger partial charge in [-0.3, -0.25) is 4.79 Å². The Morgan fingerprint density at radius 1 is 1.03 bits per heavy atom. The predicted molar refractivity (Wildman–Crippen MR) is 130 cm³/mol. The fourth-order valence-corrected chi connectivity index (χ4v) is 8.30. The molecule has 4 bridgehead atoms. The van der Waals surface area contributed by atoms with Crippen LogP contribution in [0.1, 0.15) is 105 Å². The molecule has 4 atom stereocenters. The summed E-state index contributed by atoms with van der Waals surface area (Å²) in [5, 5.41) is 0. The van der Waals surface area contributed by atoms with Gasteiger partial charge in [-0.25, -0.2) is 4.79 Å². The molecular formula is C29H46O4. The molecule has 5 aliphatic rings. The first-order valence-corrected chi connectivity index (χ1v) is 13.7. The van der Waals surface area contributed by atoms with Crippen molar-refractivity contribution >= 4 is 11.9 Å². The topological polar surface area (TPSA) is 52.6 Å². The van der Waals surface area contributed by atoms with E-state index in [9.17, 15) is 9.59 Å². The Morgan fingerprint density at radius 3 is 2.15 bits per heavy atom. The summed E-state index contributed by atoms with van der Waals surface area (Å²) in [6, 6.07) is 0. The van der Waals surface area contributed by atoms with E-state index in [2.05, 4.69) is 20.4 Å². The van der Waals surface area contributed by atoms with Crippen LogP contribution in [0.3, 0.4) is 0 Å². The quantitative estimate of drug-likeness (QED) is 0.294. The van der Waals surface area contributed by atoms with Crippen molar-refractivity contribution in [2.45, 2.75) is 117 Å². The molecule has 33 heavy (non-hydrogen) atoms. The molecule has 0 spiro atoms. The van der Waals surface area contributed by atoms with Crippen LogP contribution in [0.25, 0.3) is 0 Å². The maximum absolute atomic E-state index is 14.0. The summed E-state index contributed by atoms with van der Waals surface area (Å²) in [6.45, 7) is 13.7. The second-order valence-electron chi connectivity index (χ2n) is 12.6. The molecule has 0 aromatic heterocycles. The Kier molecular flexibility index (Phi) is 7.05. The summed E-state index contributed by atoms with van der Waals surface area (Å²) >= 11 is 0. The largest absolute Gasteiger partial charge is 0.459 e. The number of rotatable bonds is 8. The molecule has 0 amide bonds. The molecule has 0 saturated heterocycles. The average molecular weight is 459 g/mol. The molecule has 0 aromatic rings. The smallest absolute Gasteiger partial charge is 0.333 e. The van der Waals surface area contributed by atoms with Crippen molar-refractivity contribution in [1.82, 2.24) is 0 Å². The summed E-state index contributed by atoms with van der Waals surface area (Å²) in [5.74, 6) is 3.53. The Hall–Kier alpha value is -1.32. The molecule has 186 valence electrons. The van der Waals surface area contributed by atoms with Crippen LogP contribution in [0, 0.1) is 40.9 Å². The lowest BCUT2D eigenvalue weighted by Crippen LogP contribution is -2.64. The number of carbonyl (C=O) groups excluding carboxylic acids is 2. The molecular weight excluding hydrogens is 412 g/mol. The first-order valence-electron chi connectivity index (χ1n) is 13.7. The Labute approximate surface area is 201 Å². The second-order valence-corrected chi connectivity index (χ2v) is 12.6. The van der Waals surface area contributed by atoms with Gasteiger partial charge < -0.3 is 9.47 Å². The van der Waals surface area contributed by atoms with E-state index >= 15 is 0 Å². The molecule has 4 heteroatoms. The van der Waals surface area contributed by atoms with Gasteiger partial charge >= 0.3 is 11.9 Å². The fourth-order valence-electron chi connectivity index (χ4n) is 8.30. The summed E-state index contributed by atoms with van der Waals surface area (Å²) in [4.78, 5) is 26.0. The minimum Gasteiger partial charge on any atom is -0.459 e. The highest BCUT2D eigenvalue weighted by atomic mass is 16.6. The van der Waals surface area contributed by atoms with Crippen LogP contribution >= 0.6 is 0 Å². The van der Waals surface area contributed by atoms with E-state index in [1.54, 1.807) is 6.92 Å². The Bertz CT molecular complexity index is 742. The van der Waals surface area contributed by atoms with Gasteiger partial charge in [0.25, 0.3) is 0 Å². The third-order valence-corrected chi connectivity index (χ3v) is 9.93. The van der Waals surface area contributed by atoms with Crippen molar-refractivity contribution in [3.63, 3.8) is 0 Å². The van der Waals surface area contributed by atoms with Gasteiger partial charge in [0.2, 0.25) is 0 Å². The van der Waals surface area contributed by atoms with Crippen LogP contribution in [-0.2, 0) is 19.1 Å². The minimum absolute atomic E-state index is 0.0612. The summed E-state index contributed by atoms with van der Waals surface area (Å²) in [7, 11) is 0. The first-order chi connectivity index (χ1) is 15.6. The second kappa shape index (κ2) is 9.38. The van der Waals surface area contributed by atoms with Gasteiger partial charge in [-0.15, -0.1) is 0 Å². The van der Waals surface area contributed by atoms with Crippen molar-refractivity contribution in [2.75, 3.05) is 0 Å². The number of hydrogen-bond acceptors (Lipinski definition) is 4. The summed E-state index contributed by atoms with van der Waals surface area (Å²) in [5.41, 5.74) is -0.536. The molecule has 5 fully saturated rings. The van der Waals surface area contributed by atoms with E-state index in [-0.39, 0.29) is 23.6 Å². The van der Waals surface area contributed by atoms with Crippen LogP contribution in [0.2, 0.25) is 0 Å². The van der Waals surface area contributed by atoms with Crippen LogP contribution < -0.4 is 0 Å². The zero-order chi connectivity index (χ0) is 24.0. The molecule has 5 aliphatic carbocycles. The Morgan fingerprint density at radius 2 is 1.64 bits per heavy atom. The molecule has 5 saturated carbocycles. The molecule has 0 N–H and O–H groups in total. The van der Waals surface area contributed by atoms with Gasteiger partial charge in [0.05, 0.1) is 5.41 Å². The molecule has 0 heterocycles. The zero-order valence-electron chi connectivity index (χ0n) is 21.7. The van der Waals surface area contributed by atoms with Crippen molar-refractivity contribution < 1.29 is 19.1 Å². The van der Waals surface area contributed by atoms with E-state index < -0.39 is 5.41 Å². The minimum atomic E-state index is -0.656. The van der Waals surface area contributed by atoms with Crippen LogP contribution in [0.4, 0.5) is 0 Å². The van der Waals surface area contributed by atoms with E-state index in [0.717, 1.165) is 17.8 Å². The van der Waals surface area contributed by atoms with Gasteiger partial charge in [-0.1, -0.05) is 33.3 Å². The highest BCUT2D eigenvalue weighted by Gasteiger charge is 2.63. The normalized spacial score (nSPS) is 40.0. The van der Waals surface area contributed by atoms with Crippen molar-refractivity contribution in [1.29, 1.82) is 0 Å². The number of ether oxygens (including phenoxy) is 2. The molecule has 5 rings (SSSR count).